The van der Waals surface area contributed by atoms with Crippen molar-refractivity contribution < 1.29 is 9.15 Å². The third-order valence-corrected chi connectivity index (χ3v) is 2.70. The van der Waals surface area contributed by atoms with Gasteiger partial charge in [0.15, 0.2) is 0 Å². The van der Waals surface area contributed by atoms with E-state index in [0.29, 0.717) is 5.92 Å². The molecule has 2 rings (SSSR count). The molecule has 14 heavy (non-hydrogen) atoms. The minimum atomic E-state index is 0.202. The molecule has 78 valence electrons. The number of furan rings is 1. The summed E-state index contributed by atoms with van der Waals surface area (Å²) >= 11 is 0. The second-order valence-corrected chi connectivity index (χ2v) is 4.01. The summed E-state index contributed by atoms with van der Waals surface area (Å²) in [6, 6.07) is 4.08. The Kier molecular flexibility index (Phi) is 3.22. The topological polar surface area (TPSA) is 48.4 Å². The molecule has 1 aromatic heterocycles. The van der Waals surface area contributed by atoms with E-state index >= 15 is 0 Å². The molecule has 0 spiro atoms. The van der Waals surface area contributed by atoms with Crippen molar-refractivity contribution in [1.82, 2.24) is 0 Å². The zero-order valence-electron chi connectivity index (χ0n) is 8.32. The molecule has 3 heteroatoms. The molecule has 2 unspecified atom stereocenters. The van der Waals surface area contributed by atoms with E-state index in [9.17, 15) is 0 Å². The van der Waals surface area contributed by atoms with Crippen molar-refractivity contribution in [2.45, 2.75) is 25.3 Å². The lowest BCUT2D eigenvalue weighted by Crippen LogP contribution is -2.26. The van der Waals surface area contributed by atoms with E-state index in [1.54, 1.807) is 6.26 Å². The van der Waals surface area contributed by atoms with Gasteiger partial charge in [0.2, 0.25) is 0 Å². The van der Waals surface area contributed by atoms with Gasteiger partial charge in [-0.1, -0.05) is 0 Å². The van der Waals surface area contributed by atoms with Gasteiger partial charge in [-0.2, -0.15) is 0 Å². The van der Waals surface area contributed by atoms with E-state index in [-0.39, 0.29) is 6.04 Å². The average molecular weight is 195 g/mol. The van der Waals surface area contributed by atoms with Gasteiger partial charge in [0.1, 0.15) is 5.76 Å². The van der Waals surface area contributed by atoms with Crippen molar-refractivity contribution in [3.05, 3.63) is 24.2 Å². The highest BCUT2D eigenvalue weighted by Gasteiger charge is 2.19. The summed E-state index contributed by atoms with van der Waals surface area (Å²) in [5, 5.41) is 0. The molecule has 0 aromatic carbocycles. The summed E-state index contributed by atoms with van der Waals surface area (Å²) in [5.41, 5.74) is 6.03. The number of nitrogens with two attached hydrogens (primary N) is 1. The average Bonchev–Trinajstić information content (AvgIpc) is 2.76. The van der Waals surface area contributed by atoms with Crippen LogP contribution in [0.3, 0.4) is 0 Å². The first kappa shape index (κ1) is 9.74. The SMILES string of the molecule is NC(Cc1ccco1)CC1CCOC1. The molecule has 1 fully saturated rings. The summed E-state index contributed by atoms with van der Waals surface area (Å²) in [6.45, 7) is 1.78. The molecule has 1 aliphatic rings. The Labute approximate surface area is 84.2 Å². The smallest absolute Gasteiger partial charge is 0.105 e. The van der Waals surface area contributed by atoms with Crippen molar-refractivity contribution in [3.63, 3.8) is 0 Å². The first-order valence-electron chi connectivity index (χ1n) is 5.20. The lowest BCUT2D eigenvalue weighted by Gasteiger charge is -2.13. The van der Waals surface area contributed by atoms with Gasteiger partial charge in [0.25, 0.3) is 0 Å². The third-order valence-electron chi connectivity index (χ3n) is 2.70. The Bertz CT molecular complexity index is 252. The number of ether oxygens (including phenoxy) is 1. The van der Waals surface area contributed by atoms with Gasteiger partial charge >= 0.3 is 0 Å². The summed E-state index contributed by atoms with van der Waals surface area (Å²) < 4.78 is 10.6. The van der Waals surface area contributed by atoms with Gasteiger partial charge in [0.05, 0.1) is 6.26 Å². The van der Waals surface area contributed by atoms with Crippen molar-refractivity contribution in [3.8, 4) is 0 Å². The molecular formula is C11H17NO2. The first-order chi connectivity index (χ1) is 6.84. The summed E-state index contributed by atoms with van der Waals surface area (Å²) in [7, 11) is 0. The fraction of sp³-hybridized carbons (Fsp3) is 0.636. The highest BCUT2D eigenvalue weighted by Crippen LogP contribution is 2.19. The van der Waals surface area contributed by atoms with Crippen LogP contribution in [0.15, 0.2) is 22.8 Å². The molecule has 0 bridgehead atoms. The number of rotatable bonds is 4. The fourth-order valence-electron chi connectivity index (χ4n) is 1.97. The van der Waals surface area contributed by atoms with E-state index in [1.807, 2.05) is 12.1 Å². The molecule has 0 saturated carbocycles. The van der Waals surface area contributed by atoms with Gasteiger partial charge in [0, 0.05) is 25.7 Å². The Morgan fingerprint density at radius 2 is 2.50 bits per heavy atom. The zero-order chi connectivity index (χ0) is 9.80. The molecule has 1 saturated heterocycles. The standard InChI is InChI=1S/C11H17NO2/c12-10(6-9-3-5-13-8-9)7-11-2-1-4-14-11/h1-2,4,9-10H,3,5-8,12H2. The molecular weight excluding hydrogens is 178 g/mol. The van der Waals surface area contributed by atoms with Crippen LogP contribution in [0.1, 0.15) is 18.6 Å². The van der Waals surface area contributed by atoms with Crippen LogP contribution in [0, 0.1) is 5.92 Å². The molecule has 0 aliphatic carbocycles. The molecule has 1 aliphatic heterocycles. The Hall–Kier alpha value is -0.800. The van der Waals surface area contributed by atoms with Gasteiger partial charge in [-0.05, 0) is 30.9 Å². The Morgan fingerprint density at radius 3 is 3.14 bits per heavy atom. The lowest BCUT2D eigenvalue weighted by molar-refractivity contribution is 0.182. The van der Waals surface area contributed by atoms with Crippen LogP contribution in [-0.2, 0) is 11.2 Å². The van der Waals surface area contributed by atoms with E-state index in [2.05, 4.69) is 0 Å². The first-order valence-corrected chi connectivity index (χ1v) is 5.20. The Morgan fingerprint density at radius 1 is 1.57 bits per heavy atom. The van der Waals surface area contributed by atoms with Crippen molar-refractivity contribution in [1.29, 1.82) is 0 Å². The third kappa shape index (κ3) is 2.59. The number of hydrogen-bond acceptors (Lipinski definition) is 3. The van der Waals surface area contributed by atoms with E-state index in [0.717, 1.165) is 38.2 Å². The van der Waals surface area contributed by atoms with E-state index < -0.39 is 0 Å². The Balaban J connectivity index is 1.75. The minimum Gasteiger partial charge on any atom is -0.469 e. The quantitative estimate of drug-likeness (QED) is 0.793. The van der Waals surface area contributed by atoms with Crippen LogP contribution in [0.2, 0.25) is 0 Å². The van der Waals surface area contributed by atoms with Crippen LogP contribution in [0.5, 0.6) is 0 Å². The molecule has 1 aromatic rings. The summed E-state index contributed by atoms with van der Waals surface area (Å²) in [5.74, 6) is 1.64. The molecule has 3 nitrogen and oxygen atoms in total. The second-order valence-electron chi connectivity index (χ2n) is 4.01. The van der Waals surface area contributed by atoms with Crippen molar-refractivity contribution in [2.75, 3.05) is 13.2 Å². The van der Waals surface area contributed by atoms with Gasteiger partial charge in [-0.3, -0.25) is 0 Å². The highest BCUT2D eigenvalue weighted by atomic mass is 16.5. The van der Waals surface area contributed by atoms with Gasteiger partial charge in [-0.25, -0.2) is 0 Å². The molecule has 2 atom stereocenters. The lowest BCUT2D eigenvalue weighted by atomic mass is 9.97. The predicted molar refractivity (Wildman–Crippen MR) is 53.9 cm³/mol. The van der Waals surface area contributed by atoms with Crippen molar-refractivity contribution >= 4 is 0 Å². The summed E-state index contributed by atoms with van der Waals surface area (Å²) in [6.07, 6.45) is 4.73. The zero-order valence-corrected chi connectivity index (χ0v) is 8.32. The molecule has 0 radical (unpaired) electrons. The monoisotopic (exact) mass is 195 g/mol. The molecule has 2 N–H and O–H groups in total. The number of hydrogen-bond donors (Lipinski definition) is 1. The molecule has 2 heterocycles. The fourth-order valence-corrected chi connectivity index (χ4v) is 1.97. The maximum absolute atomic E-state index is 6.03. The normalized spacial score (nSPS) is 23.9. The van der Waals surface area contributed by atoms with Crippen LogP contribution in [-0.4, -0.2) is 19.3 Å². The summed E-state index contributed by atoms with van der Waals surface area (Å²) in [4.78, 5) is 0. The van der Waals surface area contributed by atoms with E-state index in [4.69, 9.17) is 14.9 Å². The van der Waals surface area contributed by atoms with Gasteiger partial charge < -0.3 is 14.9 Å². The van der Waals surface area contributed by atoms with E-state index in [1.165, 1.54) is 0 Å². The minimum absolute atomic E-state index is 0.202. The predicted octanol–water partition coefficient (Wildman–Crippen LogP) is 1.58. The van der Waals surface area contributed by atoms with Crippen molar-refractivity contribution in [2.24, 2.45) is 11.7 Å². The van der Waals surface area contributed by atoms with Crippen LogP contribution in [0.25, 0.3) is 0 Å². The van der Waals surface area contributed by atoms with Gasteiger partial charge in [-0.15, -0.1) is 0 Å². The van der Waals surface area contributed by atoms with Crippen LogP contribution >= 0.6 is 0 Å². The second kappa shape index (κ2) is 4.62. The maximum atomic E-state index is 6.03. The van der Waals surface area contributed by atoms with Crippen LogP contribution in [0.4, 0.5) is 0 Å². The van der Waals surface area contributed by atoms with Crippen LogP contribution < -0.4 is 5.73 Å². The molecule has 0 amide bonds. The highest BCUT2D eigenvalue weighted by molar-refractivity contribution is 5.00. The largest absolute Gasteiger partial charge is 0.469 e. The maximum Gasteiger partial charge on any atom is 0.105 e.